The molecule has 0 aliphatic carbocycles. The summed E-state index contributed by atoms with van der Waals surface area (Å²) in [6.45, 7) is 8.03. The predicted molar refractivity (Wildman–Crippen MR) is 122 cm³/mol. The highest BCUT2D eigenvalue weighted by atomic mass is 35.5. The van der Waals surface area contributed by atoms with Gasteiger partial charge in [-0.3, -0.25) is 9.69 Å². The zero-order valence-corrected chi connectivity index (χ0v) is 18.4. The molecule has 1 saturated heterocycles. The lowest BCUT2D eigenvalue weighted by Crippen LogP contribution is -2.54. The zero-order chi connectivity index (χ0) is 20.0. The third-order valence-electron chi connectivity index (χ3n) is 5.83. The molecule has 1 aliphatic heterocycles. The molecule has 2 N–H and O–H groups in total. The molecule has 1 amide bonds. The van der Waals surface area contributed by atoms with Crippen LogP contribution in [-0.2, 0) is 17.8 Å². The van der Waals surface area contributed by atoms with E-state index >= 15 is 0 Å². The van der Waals surface area contributed by atoms with Gasteiger partial charge in [-0.15, -0.1) is 12.4 Å². The number of carbonyl (C=O) groups excluding carboxylic acids is 1. The van der Waals surface area contributed by atoms with E-state index in [0.29, 0.717) is 13.1 Å². The Kier molecular flexibility index (Phi) is 8.69. The molecule has 1 heterocycles. The summed E-state index contributed by atoms with van der Waals surface area (Å²) in [5.41, 5.74) is 8.74. The van der Waals surface area contributed by atoms with Crippen molar-refractivity contribution in [2.24, 2.45) is 11.1 Å². The van der Waals surface area contributed by atoms with E-state index in [-0.39, 0.29) is 29.8 Å². The van der Waals surface area contributed by atoms with Gasteiger partial charge in [-0.2, -0.15) is 0 Å². The van der Waals surface area contributed by atoms with Crippen LogP contribution in [0, 0.1) is 5.41 Å². The average Bonchev–Trinajstić information content (AvgIpc) is 2.69. The Labute approximate surface area is 181 Å². The molecule has 158 valence electrons. The minimum atomic E-state index is 0. The second kappa shape index (κ2) is 10.8. The van der Waals surface area contributed by atoms with Gasteiger partial charge in [0.05, 0.1) is 6.54 Å². The lowest BCUT2D eigenvalue weighted by Gasteiger charge is -2.42. The number of hydrogen-bond donors (Lipinski definition) is 1. The van der Waals surface area contributed by atoms with Crippen LogP contribution in [0.1, 0.15) is 31.4 Å². The molecule has 2 aromatic carbocycles. The Morgan fingerprint density at radius 2 is 1.66 bits per heavy atom. The third-order valence-corrected chi connectivity index (χ3v) is 5.83. The van der Waals surface area contributed by atoms with Crippen molar-refractivity contribution in [2.45, 2.75) is 39.3 Å². The quantitative estimate of drug-likeness (QED) is 0.749. The van der Waals surface area contributed by atoms with Crippen LogP contribution in [0.3, 0.4) is 0 Å². The number of amides is 1. The molecule has 4 nitrogen and oxygen atoms in total. The largest absolute Gasteiger partial charge is 0.337 e. The fourth-order valence-corrected chi connectivity index (χ4v) is 3.92. The highest BCUT2D eigenvalue weighted by molar-refractivity contribution is 5.85. The first-order valence-electron chi connectivity index (χ1n) is 10.3. The van der Waals surface area contributed by atoms with E-state index in [1.54, 1.807) is 0 Å². The monoisotopic (exact) mass is 415 g/mol. The molecule has 2 aromatic rings. The van der Waals surface area contributed by atoms with Gasteiger partial charge < -0.3 is 10.6 Å². The summed E-state index contributed by atoms with van der Waals surface area (Å²) in [5.74, 6) is 0.200. The van der Waals surface area contributed by atoms with Crippen molar-refractivity contribution in [1.29, 1.82) is 0 Å². The number of nitrogens with zero attached hydrogens (tertiary/aromatic N) is 2. The van der Waals surface area contributed by atoms with Gasteiger partial charge in [0.1, 0.15) is 0 Å². The van der Waals surface area contributed by atoms with E-state index in [4.69, 9.17) is 5.73 Å². The molecular formula is C24H34ClN3O. The molecule has 29 heavy (non-hydrogen) atoms. The topological polar surface area (TPSA) is 49.6 Å². The molecule has 0 aromatic heterocycles. The Bertz CT molecular complexity index is 751. The first-order valence-corrected chi connectivity index (χ1v) is 10.3. The smallest absolute Gasteiger partial charge is 0.237 e. The van der Waals surface area contributed by atoms with Crippen LogP contribution >= 0.6 is 12.4 Å². The number of likely N-dealkylation sites (tertiary alicyclic amines) is 1. The Hall–Kier alpha value is -1.88. The molecule has 0 spiro atoms. The SMILES string of the molecule is CC1(C)CN(CC(=O)N(CCc2ccccc2)Cc2ccccc2)CCC1N.Cl. The minimum absolute atomic E-state index is 0. The lowest BCUT2D eigenvalue weighted by molar-refractivity contribution is -0.133. The molecule has 1 fully saturated rings. The molecule has 3 rings (SSSR count). The first kappa shape index (κ1) is 23.4. The predicted octanol–water partition coefficient (Wildman–Crippen LogP) is 3.74. The average molecular weight is 416 g/mol. The second-order valence-electron chi connectivity index (χ2n) is 8.63. The van der Waals surface area contributed by atoms with E-state index in [2.05, 4.69) is 55.1 Å². The van der Waals surface area contributed by atoms with Gasteiger partial charge >= 0.3 is 0 Å². The Morgan fingerprint density at radius 1 is 1.07 bits per heavy atom. The molecule has 0 saturated carbocycles. The van der Waals surface area contributed by atoms with Gasteiger partial charge in [-0.05, 0) is 29.4 Å². The van der Waals surface area contributed by atoms with Crippen LogP contribution in [0.4, 0.5) is 0 Å². The van der Waals surface area contributed by atoms with Crippen molar-refractivity contribution in [3.8, 4) is 0 Å². The summed E-state index contributed by atoms with van der Waals surface area (Å²) in [7, 11) is 0. The summed E-state index contributed by atoms with van der Waals surface area (Å²) in [6.07, 6.45) is 1.82. The third kappa shape index (κ3) is 6.84. The van der Waals surface area contributed by atoms with Crippen molar-refractivity contribution in [1.82, 2.24) is 9.80 Å². The number of rotatable bonds is 7. The second-order valence-corrected chi connectivity index (χ2v) is 8.63. The van der Waals surface area contributed by atoms with Gasteiger partial charge in [-0.1, -0.05) is 74.5 Å². The van der Waals surface area contributed by atoms with Crippen LogP contribution in [0.5, 0.6) is 0 Å². The fourth-order valence-electron chi connectivity index (χ4n) is 3.92. The maximum absolute atomic E-state index is 13.2. The van der Waals surface area contributed by atoms with Gasteiger partial charge in [-0.25, -0.2) is 0 Å². The van der Waals surface area contributed by atoms with Crippen LogP contribution in [0.15, 0.2) is 60.7 Å². The maximum Gasteiger partial charge on any atom is 0.237 e. The summed E-state index contributed by atoms with van der Waals surface area (Å²) in [6, 6.07) is 20.8. The summed E-state index contributed by atoms with van der Waals surface area (Å²) < 4.78 is 0. The van der Waals surface area contributed by atoms with Gasteiger partial charge in [0.15, 0.2) is 0 Å². The van der Waals surface area contributed by atoms with Crippen molar-refractivity contribution >= 4 is 18.3 Å². The van der Waals surface area contributed by atoms with Gasteiger partial charge in [0, 0.05) is 32.2 Å². The van der Waals surface area contributed by atoms with Crippen LogP contribution in [0.2, 0.25) is 0 Å². The molecule has 5 heteroatoms. The number of piperidine rings is 1. The van der Waals surface area contributed by atoms with E-state index in [1.165, 1.54) is 11.1 Å². The summed E-state index contributed by atoms with van der Waals surface area (Å²) in [5, 5.41) is 0. The van der Waals surface area contributed by atoms with Crippen molar-refractivity contribution < 1.29 is 4.79 Å². The van der Waals surface area contributed by atoms with Crippen molar-refractivity contribution in [2.75, 3.05) is 26.2 Å². The van der Waals surface area contributed by atoms with Gasteiger partial charge in [0.25, 0.3) is 0 Å². The van der Waals surface area contributed by atoms with Crippen molar-refractivity contribution in [3.63, 3.8) is 0 Å². The molecule has 1 atom stereocenters. The summed E-state index contributed by atoms with van der Waals surface area (Å²) in [4.78, 5) is 17.5. The standard InChI is InChI=1S/C24H33N3O.ClH/c1-24(2)19-26(15-14-22(24)25)18-23(28)27(17-21-11-7-4-8-12-21)16-13-20-9-5-3-6-10-20;/h3-12,22H,13-19,25H2,1-2H3;1H. The highest BCUT2D eigenvalue weighted by Gasteiger charge is 2.34. The Balaban J connectivity index is 0.00000300. The maximum atomic E-state index is 13.2. The van der Waals surface area contributed by atoms with Gasteiger partial charge in [0.2, 0.25) is 5.91 Å². The molecule has 1 aliphatic rings. The van der Waals surface area contributed by atoms with E-state index in [1.807, 2.05) is 29.2 Å². The van der Waals surface area contributed by atoms with Crippen LogP contribution in [0.25, 0.3) is 0 Å². The minimum Gasteiger partial charge on any atom is -0.337 e. The molecule has 0 radical (unpaired) electrons. The first-order chi connectivity index (χ1) is 13.4. The highest BCUT2D eigenvalue weighted by Crippen LogP contribution is 2.27. The normalized spacial score (nSPS) is 18.7. The molecular weight excluding hydrogens is 382 g/mol. The number of nitrogens with two attached hydrogens (primary N) is 1. The Morgan fingerprint density at radius 3 is 2.24 bits per heavy atom. The fraction of sp³-hybridized carbons (Fsp3) is 0.458. The molecule has 0 bridgehead atoms. The zero-order valence-electron chi connectivity index (χ0n) is 17.6. The van der Waals surface area contributed by atoms with E-state index in [9.17, 15) is 4.79 Å². The lowest BCUT2D eigenvalue weighted by atomic mass is 9.80. The number of carbonyl (C=O) groups is 1. The van der Waals surface area contributed by atoms with E-state index in [0.717, 1.165) is 32.5 Å². The van der Waals surface area contributed by atoms with Crippen LogP contribution < -0.4 is 5.73 Å². The van der Waals surface area contributed by atoms with Crippen LogP contribution in [-0.4, -0.2) is 47.9 Å². The number of benzene rings is 2. The van der Waals surface area contributed by atoms with Crippen molar-refractivity contribution in [3.05, 3.63) is 71.8 Å². The molecule has 1 unspecified atom stereocenters. The number of hydrogen-bond acceptors (Lipinski definition) is 3. The number of halogens is 1. The summed E-state index contributed by atoms with van der Waals surface area (Å²) >= 11 is 0. The van der Waals surface area contributed by atoms with E-state index < -0.39 is 0 Å².